The largest absolute Gasteiger partial charge is 0.508 e. The molecule has 0 saturated heterocycles. The zero-order valence-electron chi connectivity index (χ0n) is 7.48. The minimum absolute atomic E-state index is 0. The number of benzene rings is 1. The molecule has 0 aliphatic carbocycles. The van der Waals surface area contributed by atoms with E-state index in [-0.39, 0.29) is 30.8 Å². The Hall–Kier alpha value is -0.290. The molecule has 80 valence electrons. The number of halogens is 2. The molecule has 0 aliphatic heterocycles. The van der Waals surface area contributed by atoms with Crippen LogP contribution in [0.25, 0.3) is 0 Å². The smallest absolute Gasteiger partial charge is 0.115 e. The summed E-state index contributed by atoms with van der Waals surface area (Å²) in [5.74, 6) is 0.187. The van der Waals surface area contributed by atoms with E-state index in [9.17, 15) is 5.11 Å². The molecule has 0 spiro atoms. The van der Waals surface area contributed by atoms with Gasteiger partial charge in [0.15, 0.2) is 0 Å². The van der Waals surface area contributed by atoms with Crippen LogP contribution < -0.4 is 5.73 Å². The van der Waals surface area contributed by atoms with Gasteiger partial charge in [-0.3, -0.25) is 0 Å². The third kappa shape index (κ3) is 3.46. The van der Waals surface area contributed by atoms with Gasteiger partial charge in [0.05, 0.1) is 0 Å². The van der Waals surface area contributed by atoms with E-state index in [1.807, 2.05) is 0 Å². The lowest BCUT2D eigenvalue weighted by Gasteiger charge is -2.12. The van der Waals surface area contributed by atoms with E-state index in [1.165, 1.54) is 0 Å². The summed E-state index contributed by atoms with van der Waals surface area (Å²) in [5.41, 5.74) is 6.59. The Morgan fingerprint density at radius 2 is 2.07 bits per heavy atom. The van der Waals surface area contributed by atoms with E-state index in [0.29, 0.717) is 6.42 Å². The van der Waals surface area contributed by atoms with Crippen molar-refractivity contribution >= 4 is 28.3 Å². The lowest BCUT2D eigenvalue weighted by Crippen LogP contribution is -2.12. The van der Waals surface area contributed by atoms with Crippen LogP contribution in [0, 0.1) is 0 Å². The summed E-state index contributed by atoms with van der Waals surface area (Å²) in [6, 6.07) is 4.68. The summed E-state index contributed by atoms with van der Waals surface area (Å²) >= 11 is 3.33. The van der Waals surface area contributed by atoms with Crippen molar-refractivity contribution in [3.8, 4) is 5.75 Å². The molecule has 0 heterocycles. The van der Waals surface area contributed by atoms with E-state index in [0.717, 1.165) is 10.0 Å². The van der Waals surface area contributed by atoms with Crippen molar-refractivity contribution in [2.24, 2.45) is 5.73 Å². The Kier molecular flexibility index (Phi) is 6.11. The van der Waals surface area contributed by atoms with Gasteiger partial charge in [0.1, 0.15) is 5.75 Å². The van der Waals surface area contributed by atoms with Crippen molar-refractivity contribution in [2.45, 2.75) is 12.5 Å². The molecule has 0 fully saturated rings. The van der Waals surface area contributed by atoms with Crippen LogP contribution in [0.4, 0.5) is 0 Å². The lowest BCUT2D eigenvalue weighted by molar-refractivity contribution is 0.276. The van der Waals surface area contributed by atoms with Gasteiger partial charge in [0.25, 0.3) is 0 Å². The fourth-order valence-corrected chi connectivity index (χ4v) is 1.65. The molecule has 0 aliphatic rings. The quantitative estimate of drug-likeness (QED) is 0.794. The highest BCUT2D eigenvalue weighted by molar-refractivity contribution is 9.10. The number of aliphatic hydroxyl groups is 1. The van der Waals surface area contributed by atoms with Gasteiger partial charge in [-0.25, -0.2) is 0 Å². The van der Waals surface area contributed by atoms with Crippen molar-refractivity contribution in [3.63, 3.8) is 0 Å². The van der Waals surface area contributed by atoms with Gasteiger partial charge in [-0.05, 0) is 30.2 Å². The Morgan fingerprint density at radius 3 is 2.64 bits per heavy atom. The normalized spacial score (nSPS) is 11.9. The molecular formula is C9H13BrClNO2. The highest BCUT2D eigenvalue weighted by Gasteiger charge is 2.09. The molecule has 3 nitrogen and oxygen atoms in total. The average Bonchev–Trinajstić information content (AvgIpc) is 2.09. The van der Waals surface area contributed by atoms with Crippen molar-refractivity contribution in [3.05, 3.63) is 28.2 Å². The van der Waals surface area contributed by atoms with Gasteiger partial charge >= 0.3 is 0 Å². The maximum Gasteiger partial charge on any atom is 0.115 e. The minimum atomic E-state index is -0.244. The van der Waals surface area contributed by atoms with Crippen molar-refractivity contribution < 1.29 is 10.2 Å². The zero-order valence-corrected chi connectivity index (χ0v) is 9.88. The average molecular weight is 283 g/mol. The predicted molar refractivity (Wildman–Crippen MR) is 61.7 cm³/mol. The molecule has 5 heteroatoms. The summed E-state index contributed by atoms with van der Waals surface area (Å²) < 4.78 is 0.853. The van der Waals surface area contributed by atoms with Gasteiger partial charge in [-0.1, -0.05) is 15.9 Å². The van der Waals surface area contributed by atoms with E-state index < -0.39 is 0 Å². The molecular weight excluding hydrogens is 269 g/mol. The molecule has 0 amide bonds. The number of aliphatic hydroxyl groups excluding tert-OH is 1. The van der Waals surface area contributed by atoms with Crippen LogP contribution in [-0.2, 0) is 0 Å². The standard InChI is InChI=1S/C9H12BrNO2.ClH/c10-8-2-1-6(13)5-7(8)9(11)3-4-12;/h1-2,5,9,12-13H,3-4,11H2;1H/t9-;/m0./s1. The van der Waals surface area contributed by atoms with Crippen molar-refractivity contribution in [2.75, 3.05) is 6.61 Å². The molecule has 1 rings (SSSR count). The van der Waals surface area contributed by atoms with Gasteiger partial charge in [-0.15, -0.1) is 12.4 Å². The number of nitrogens with two attached hydrogens (primary N) is 1. The lowest BCUT2D eigenvalue weighted by atomic mass is 10.1. The first-order chi connectivity index (χ1) is 6.15. The number of phenolic OH excluding ortho intramolecular Hbond substituents is 1. The van der Waals surface area contributed by atoms with E-state index in [4.69, 9.17) is 10.8 Å². The summed E-state index contributed by atoms with van der Waals surface area (Å²) in [7, 11) is 0. The monoisotopic (exact) mass is 281 g/mol. The van der Waals surface area contributed by atoms with E-state index >= 15 is 0 Å². The fourth-order valence-electron chi connectivity index (χ4n) is 1.11. The first kappa shape index (κ1) is 13.7. The second-order valence-corrected chi connectivity index (χ2v) is 3.68. The van der Waals surface area contributed by atoms with Gasteiger partial charge in [-0.2, -0.15) is 0 Å². The topological polar surface area (TPSA) is 66.5 Å². The molecule has 1 atom stereocenters. The molecule has 0 bridgehead atoms. The van der Waals surface area contributed by atoms with Crippen LogP contribution in [0.5, 0.6) is 5.75 Å². The maximum absolute atomic E-state index is 9.22. The summed E-state index contributed by atoms with van der Waals surface area (Å²) in [4.78, 5) is 0. The van der Waals surface area contributed by atoms with Gasteiger partial charge in [0.2, 0.25) is 0 Å². The van der Waals surface area contributed by atoms with Crippen LogP contribution in [-0.4, -0.2) is 16.8 Å². The van der Waals surface area contributed by atoms with Crippen LogP contribution in [0.1, 0.15) is 18.0 Å². The predicted octanol–water partition coefficient (Wildman–Crippen LogP) is 1.96. The Labute approximate surface area is 97.5 Å². The first-order valence-corrected chi connectivity index (χ1v) is 4.79. The van der Waals surface area contributed by atoms with Crippen molar-refractivity contribution in [1.29, 1.82) is 0 Å². The number of rotatable bonds is 3. The molecule has 0 saturated carbocycles. The zero-order chi connectivity index (χ0) is 9.84. The Bertz CT molecular complexity index is 296. The van der Waals surface area contributed by atoms with Crippen LogP contribution >= 0.6 is 28.3 Å². The molecule has 0 radical (unpaired) electrons. The first-order valence-electron chi connectivity index (χ1n) is 4.00. The van der Waals surface area contributed by atoms with Crippen LogP contribution in [0.3, 0.4) is 0 Å². The minimum Gasteiger partial charge on any atom is -0.508 e. The molecule has 0 aromatic heterocycles. The second-order valence-electron chi connectivity index (χ2n) is 2.82. The van der Waals surface area contributed by atoms with Crippen LogP contribution in [0.2, 0.25) is 0 Å². The molecule has 4 N–H and O–H groups in total. The summed E-state index contributed by atoms with van der Waals surface area (Å²) in [6.45, 7) is 0.0449. The Balaban J connectivity index is 0.00000169. The number of phenols is 1. The SMILES string of the molecule is Cl.N[C@@H](CCO)c1cc(O)ccc1Br. The molecule has 1 aromatic carbocycles. The highest BCUT2D eigenvalue weighted by atomic mass is 79.9. The van der Waals surface area contributed by atoms with Crippen molar-refractivity contribution in [1.82, 2.24) is 0 Å². The van der Waals surface area contributed by atoms with Gasteiger partial charge in [0, 0.05) is 17.1 Å². The fraction of sp³-hybridized carbons (Fsp3) is 0.333. The second kappa shape index (κ2) is 6.24. The number of hydrogen-bond donors (Lipinski definition) is 3. The molecule has 0 unspecified atom stereocenters. The highest BCUT2D eigenvalue weighted by Crippen LogP contribution is 2.27. The Morgan fingerprint density at radius 1 is 1.43 bits per heavy atom. The molecule has 1 aromatic rings. The third-order valence-corrected chi connectivity index (χ3v) is 2.54. The summed E-state index contributed by atoms with van der Waals surface area (Å²) in [5, 5.41) is 17.9. The number of aromatic hydroxyl groups is 1. The summed E-state index contributed by atoms with van der Waals surface area (Å²) in [6.07, 6.45) is 0.488. The third-order valence-electron chi connectivity index (χ3n) is 1.82. The maximum atomic E-state index is 9.22. The van der Waals surface area contributed by atoms with Gasteiger partial charge < -0.3 is 15.9 Å². The van der Waals surface area contributed by atoms with E-state index in [1.54, 1.807) is 18.2 Å². The van der Waals surface area contributed by atoms with Crippen LogP contribution in [0.15, 0.2) is 22.7 Å². The van der Waals surface area contributed by atoms with E-state index in [2.05, 4.69) is 15.9 Å². The molecule has 14 heavy (non-hydrogen) atoms. The number of hydrogen-bond acceptors (Lipinski definition) is 3.